The topological polar surface area (TPSA) is 41.6 Å². The highest BCUT2D eigenvalue weighted by Crippen LogP contribution is 2.23. The third-order valence-corrected chi connectivity index (χ3v) is 2.67. The van der Waals surface area contributed by atoms with Crippen molar-refractivity contribution < 1.29 is 4.39 Å². The van der Waals surface area contributed by atoms with E-state index in [0.29, 0.717) is 5.69 Å². The highest BCUT2D eigenvalue weighted by atomic mass is 35.5. The lowest BCUT2D eigenvalue weighted by molar-refractivity contribution is 0.630. The van der Waals surface area contributed by atoms with Gasteiger partial charge in [-0.25, -0.2) is 14.4 Å². The number of nitrogens with one attached hydrogen (secondary N) is 1. The first kappa shape index (κ1) is 10.2. The maximum absolute atomic E-state index is 13.1. The van der Waals surface area contributed by atoms with E-state index in [4.69, 9.17) is 11.6 Å². The van der Waals surface area contributed by atoms with Gasteiger partial charge in [0.1, 0.15) is 5.82 Å². The van der Waals surface area contributed by atoms with E-state index < -0.39 is 0 Å². The monoisotopic (exact) mass is 247 g/mol. The quantitative estimate of drug-likeness (QED) is 0.670. The van der Waals surface area contributed by atoms with E-state index in [1.165, 1.54) is 12.1 Å². The zero-order chi connectivity index (χ0) is 11.8. The number of aromatic amines is 1. The van der Waals surface area contributed by atoms with E-state index in [9.17, 15) is 4.39 Å². The number of halogens is 2. The second kappa shape index (κ2) is 3.82. The van der Waals surface area contributed by atoms with E-state index in [0.717, 1.165) is 16.6 Å². The summed E-state index contributed by atoms with van der Waals surface area (Å²) in [5.74, 6) is -0.260. The van der Waals surface area contributed by atoms with Crippen molar-refractivity contribution in [2.45, 2.75) is 0 Å². The molecular weight excluding hydrogens is 241 g/mol. The molecule has 0 aliphatic rings. The summed E-state index contributed by atoms with van der Waals surface area (Å²) in [6, 6.07) is 8.15. The smallest absolute Gasteiger partial charge is 0.222 e. The van der Waals surface area contributed by atoms with Crippen LogP contribution in [0.1, 0.15) is 0 Å². The van der Waals surface area contributed by atoms with Crippen LogP contribution in [0.15, 0.2) is 36.5 Å². The molecule has 0 atom stereocenters. The normalized spacial score (nSPS) is 10.9. The Morgan fingerprint density at radius 1 is 1.18 bits per heavy atom. The first-order chi connectivity index (χ1) is 8.22. The van der Waals surface area contributed by atoms with Gasteiger partial charge in [-0.05, 0) is 41.9 Å². The Balaban J connectivity index is 2.18. The number of hydrogen-bond acceptors (Lipinski definition) is 2. The molecule has 17 heavy (non-hydrogen) atoms. The van der Waals surface area contributed by atoms with Crippen LogP contribution in [0.2, 0.25) is 5.28 Å². The number of hydrogen-bond donors (Lipinski definition) is 1. The fourth-order valence-electron chi connectivity index (χ4n) is 1.73. The Bertz CT molecular complexity index is 693. The predicted molar refractivity (Wildman–Crippen MR) is 64.3 cm³/mol. The van der Waals surface area contributed by atoms with Gasteiger partial charge in [-0.1, -0.05) is 0 Å². The summed E-state index contributed by atoms with van der Waals surface area (Å²) in [6.45, 7) is 0. The molecule has 0 radical (unpaired) electrons. The van der Waals surface area contributed by atoms with E-state index in [1.54, 1.807) is 18.3 Å². The lowest BCUT2D eigenvalue weighted by Gasteiger charge is -1.95. The number of H-pyrrole nitrogens is 1. The van der Waals surface area contributed by atoms with Crippen LogP contribution in [0.25, 0.3) is 22.3 Å². The Kier molecular flexibility index (Phi) is 2.30. The molecule has 3 aromatic rings. The molecule has 2 aromatic heterocycles. The summed E-state index contributed by atoms with van der Waals surface area (Å²) in [6.07, 6.45) is 1.58. The average molecular weight is 248 g/mol. The van der Waals surface area contributed by atoms with Gasteiger partial charge in [-0.3, -0.25) is 0 Å². The standard InChI is InChI=1S/C12H7ClFN3/c13-12-15-4-3-10(17-12)11-6-7-5-8(14)1-2-9(7)16-11/h1-6,16H. The molecule has 84 valence electrons. The molecule has 0 spiro atoms. The molecule has 0 bridgehead atoms. The first-order valence-corrected chi connectivity index (χ1v) is 5.37. The van der Waals surface area contributed by atoms with E-state index in [1.807, 2.05) is 6.07 Å². The lowest BCUT2D eigenvalue weighted by Crippen LogP contribution is -1.85. The van der Waals surface area contributed by atoms with Crippen molar-refractivity contribution >= 4 is 22.5 Å². The zero-order valence-electron chi connectivity index (χ0n) is 8.61. The van der Waals surface area contributed by atoms with Crippen LogP contribution < -0.4 is 0 Å². The maximum Gasteiger partial charge on any atom is 0.222 e. The van der Waals surface area contributed by atoms with Crippen molar-refractivity contribution in [3.8, 4) is 11.4 Å². The zero-order valence-corrected chi connectivity index (χ0v) is 9.37. The van der Waals surface area contributed by atoms with Gasteiger partial charge in [0.25, 0.3) is 0 Å². The van der Waals surface area contributed by atoms with Crippen LogP contribution in [0, 0.1) is 5.82 Å². The minimum atomic E-state index is -0.260. The van der Waals surface area contributed by atoms with Crippen LogP contribution in [-0.4, -0.2) is 15.0 Å². The van der Waals surface area contributed by atoms with Gasteiger partial charge in [-0.15, -0.1) is 0 Å². The van der Waals surface area contributed by atoms with Gasteiger partial charge < -0.3 is 4.98 Å². The molecule has 0 saturated heterocycles. The van der Waals surface area contributed by atoms with E-state index >= 15 is 0 Å². The SMILES string of the molecule is Fc1ccc2[nH]c(-c3ccnc(Cl)n3)cc2c1. The highest BCUT2D eigenvalue weighted by molar-refractivity contribution is 6.28. The van der Waals surface area contributed by atoms with Crippen LogP contribution in [0.5, 0.6) is 0 Å². The van der Waals surface area contributed by atoms with Gasteiger partial charge in [-0.2, -0.15) is 0 Å². The Labute approximate surface area is 101 Å². The molecule has 0 amide bonds. The number of aromatic nitrogens is 3. The van der Waals surface area contributed by atoms with Gasteiger partial charge in [0, 0.05) is 17.1 Å². The first-order valence-electron chi connectivity index (χ1n) is 4.99. The van der Waals surface area contributed by atoms with E-state index in [2.05, 4.69) is 15.0 Å². The maximum atomic E-state index is 13.1. The van der Waals surface area contributed by atoms with Gasteiger partial charge >= 0.3 is 0 Å². The average Bonchev–Trinajstić information content (AvgIpc) is 2.72. The Morgan fingerprint density at radius 2 is 2.06 bits per heavy atom. The van der Waals surface area contributed by atoms with E-state index in [-0.39, 0.29) is 11.1 Å². The number of fused-ring (bicyclic) bond motifs is 1. The lowest BCUT2D eigenvalue weighted by atomic mass is 10.2. The molecule has 0 aliphatic heterocycles. The second-order valence-electron chi connectivity index (χ2n) is 3.63. The summed E-state index contributed by atoms with van der Waals surface area (Å²) in [5.41, 5.74) is 2.33. The third-order valence-electron chi connectivity index (χ3n) is 2.48. The van der Waals surface area contributed by atoms with Crippen LogP contribution in [0.4, 0.5) is 4.39 Å². The minimum Gasteiger partial charge on any atom is -0.353 e. The molecular formula is C12H7ClFN3. The predicted octanol–water partition coefficient (Wildman–Crippen LogP) is 3.42. The molecule has 0 fully saturated rings. The molecule has 5 heteroatoms. The highest BCUT2D eigenvalue weighted by Gasteiger charge is 2.06. The number of rotatable bonds is 1. The molecule has 0 saturated carbocycles. The van der Waals surface area contributed by atoms with Crippen molar-refractivity contribution in [3.05, 3.63) is 47.6 Å². The molecule has 1 aromatic carbocycles. The Morgan fingerprint density at radius 3 is 2.88 bits per heavy atom. The van der Waals surface area contributed by atoms with Crippen molar-refractivity contribution in [1.82, 2.24) is 15.0 Å². The fraction of sp³-hybridized carbons (Fsp3) is 0. The van der Waals surface area contributed by atoms with Crippen molar-refractivity contribution in [2.75, 3.05) is 0 Å². The summed E-state index contributed by atoms with van der Waals surface area (Å²) < 4.78 is 13.1. The molecule has 2 heterocycles. The fourth-order valence-corrected chi connectivity index (χ4v) is 1.87. The summed E-state index contributed by atoms with van der Waals surface area (Å²) in [4.78, 5) is 11.1. The van der Waals surface area contributed by atoms with Crippen LogP contribution >= 0.6 is 11.6 Å². The minimum absolute atomic E-state index is 0.187. The largest absolute Gasteiger partial charge is 0.353 e. The van der Waals surface area contributed by atoms with Crippen molar-refractivity contribution in [3.63, 3.8) is 0 Å². The van der Waals surface area contributed by atoms with Crippen LogP contribution in [0.3, 0.4) is 0 Å². The number of nitrogens with zero attached hydrogens (tertiary/aromatic N) is 2. The molecule has 0 aliphatic carbocycles. The third kappa shape index (κ3) is 1.87. The summed E-state index contributed by atoms with van der Waals surface area (Å²) in [5, 5.41) is 0.988. The second-order valence-corrected chi connectivity index (χ2v) is 3.96. The number of benzene rings is 1. The molecule has 3 rings (SSSR count). The Hall–Kier alpha value is -1.94. The van der Waals surface area contributed by atoms with Gasteiger partial charge in [0.05, 0.1) is 11.4 Å². The van der Waals surface area contributed by atoms with Crippen molar-refractivity contribution in [2.24, 2.45) is 0 Å². The van der Waals surface area contributed by atoms with Crippen LogP contribution in [-0.2, 0) is 0 Å². The summed E-state index contributed by atoms with van der Waals surface area (Å²) >= 11 is 5.72. The molecule has 1 N–H and O–H groups in total. The summed E-state index contributed by atoms with van der Waals surface area (Å²) in [7, 11) is 0. The van der Waals surface area contributed by atoms with Gasteiger partial charge in [0.2, 0.25) is 5.28 Å². The molecule has 0 unspecified atom stereocenters. The molecule has 3 nitrogen and oxygen atoms in total. The van der Waals surface area contributed by atoms with Gasteiger partial charge in [0.15, 0.2) is 0 Å². The van der Waals surface area contributed by atoms with Crippen molar-refractivity contribution in [1.29, 1.82) is 0 Å².